The summed E-state index contributed by atoms with van der Waals surface area (Å²) >= 11 is 1.10. The molecule has 0 radical (unpaired) electrons. The van der Waals surface area contributed by atoms with E-state index in [9.17, 15) is 9.18 Å². The fourth-order valence-corrected chi connectivity index (χ4v) is 3.24. The zero-order valence-electron chi connectivity index (χ0n) is 14.8. The van der Waals surface area contributed by atoms with Gasteiger partial charge >= 0.3 is 0 Å². The van der Waals surface area contributed by atoms with Crippen molar-refractivity contribution in [3.8, 4) is 11.5 Å². The lowest BCUT2D eigenvalue weighted by molar-refractivity contribution is -0.115. The number of aromatic nitrogens is 2. The predicted octanol–water partition coefficient (Wildman–Crippen LogP) is 3.84. The maximum absolute atomic E-state index is 13.2. The molecular weight excluding hydrogens is 385 g/mol. The van der Waals surface area contributed by atoms with Crippen molar-refractivity contribution in [2.75, 3.05) is 11.9 Å². The van der Waals surface area contributed by atoms with Crippen LogP contribution in [0.1, 0.15) is 18.9 Å². The molecule has 0 spiro atoms. The maximum Gasteiger partial charge on any atom is 0.277 e. The van der Waals surface area contributed by atoms with Crippen LogP contribution >= 0.6 is 11.8 Å². The van der Waals surface area contributed by atoms with Crippen LogP contribution in [0.4, 0.5) is 10.1 Å². The van der Waals surface area contributed by atoms with Crippen molar-refractivity contribution in [2.45, 2.75) is 23.5 Å². The zero-order valence-corrected chi connectivity index (χ0v) is 15.6. The van der Waals surface area contributed by atoms with E-state index in [4.69, 9.17) is 13.9 Å². The Balaban J connectivity index is 1.37. The molecule has 2 heterocycles. The number of ether oxygens (including phenoxy) is 2. The molecule has 1 aromatic heterocycles. The van der Waals surface area contributed by atoms with E-state index in [1.54, 1.807) is 19.1 Å². The van der Waals surface area contributed by atoms with E-state index in [0.717, 1.165) is 11.8 Å². The summed E-state index contributed by atoms with van der Waals surface area (Å²) in [5, 5.41) is 10.3. The first-order valence-corrected chi connectivity index (χ1v) is 9.41. The van der Waals surface area contributed by atoms with Gasteiger partial charge in [-0.1, -0.05) is 30.0 Å². The van der Waals surface area contributed by atoms with Crippen molar-refractivity contribution >= 4 is 23.4 Å². The van der Waals surface area contributed by atoms with E-state index in [1.807, 2.05) is 18.2 Å². The van der Waals surface area contributed by atoms with Crippen LogP contribution in [0, 0.1) is 5.82 Å². The van der Waals surface area contributed by atoms with E-state index in [0.29, 0.717) is 17.2 Å². The molecule has 28 heavy (non-hydrogen) atoms. The lowest BCUT2D eigenvalue weighted by atomic mass is 10.2. The Kier molecular flexibility index (Phi) is 5.16. The monoisotopic (exact) mass is 401 g/mol. The second-order valence-corrected chi connectivity index (χ2v) is 7.32. The minimum absolute atomic E-state index is 0.236. The highest BCUT2D eigenvalue weighted by Crippen LogP contribution is 2.36. The third-order valence-electron chi connectivity index (χ3n) is 3.95. The summed E-state index contributed by atoms with van der Waals surface area (Å²) in [5.74, 6) is 0.816. The summed E-state index contributed by atoms with van der Waals surface area (Å²) in [7, 11) is 0. The van der Waals surface area contributed by atoms with Crippen molar-refractivity contribution in [2.24, 2.45) is 0 Å². The van der Waals surface area contributed by atoms with Gasteiger partial charge in [0.25, 0.3) is 11.1 Å². The summed E-state index contributed by atoms with van der Waals surface area (Å²) in [6.07, 6.45) is -0.520. The number of fused-ring (bicyclic) bond motifs is 1. The number of hydrogen-bond acceptors (Lipinski definition) is 7. The van der Waals surface area contributed by atoms with Crippen molar-refractivity contribution in [3.05, 3.63) is 60.2 Å². The zero-order chi connectivity index (χ0) is 19.5. The number of para-hydroxylation sites is 2. The third kappa shape index (κ3) is 4.09. The number of amides is 1. The van der Waals surface area contributed by atoms with Crippen molar-refractivity contribution in [1.29, 1.82) is 0 Å². The molecule has 1 N–H and O–H groups in total. The van der Waals surface area contributed by atoms with Gasteiger partial charge in [0.15, 0.2) is 11.5 Å². The lowest BCUT2D eigenvalue weighted by Gasteiger charge is -2.23. The number of thioether (sulfide) groups is 1. The maximum atomic E-state index is 13.2. The molecule has 0 unspecified atom stereocenters. The van der Waals surface area contributed by atoms with Crippen molar-refractivity contribution in [1.82, 2.24) is 10.2 Å². The molecule has 144 valence electrons. The molecule has 4 rings (SSSR count). The molecule has 3 aromatic rings. The summed E-state index contributed by atoms with van der Waals surface area (Å²) in [5.41, 5.74) is 0.384. The van der Waals surface area contributed by atoms with Gasteiger partial charge in [-0.2, -0.15) is 0 Å². The Bertz CT molecular complexity index is 997. The summed E-state index contributed by atoms with van der Waals surface area (Å²) in [6.45, 7) is 1.94. The standard InChI is InChI=1S/C19H16FN3O4S/c1-11(17(24)21-13-6-4-5-12(20)9-13)28-19-23-22-18(27-19)16-10-25-14-7-2-3-8-15(14)26-16/h2-9,11,16H,10H2,1H3,(H,21,24)/t11-,16+/m1/s1. The SMILES string of the molecule is C[C@@H](Sc1nnc([C@@H]2COc3ccccc3O2)o1)C(=O)Nc1cccc(F)c1. The van der Waals surface area contributed by atoms with Crippen LogP contribution in [-0.4, -0.2) is 28.0 Å². The van der Waals surface area contributed by atoms with E-state index in [-0.39, 0.29) is 23.6 Å². The minimum atomic E-state index is -0.527. The van der Waals surface area contributed by atoms with Crippen LogP contribution < -0.4 is 14.8 Å². The fourth-order valence-electron chi connectivity index (χ4n) is 2.55. The van der Waals surface area contributed by atoms with Gasteiger partial charge in [0.05, 0.1) is 5.25 Å². The first-order valence-electron chi connectivity index (χ1n) is 8.53. The Morgan fingerprint density at radius 1 is 1.21 bits per heavy atom. The van der Waals surface area contributed by atoms with Gasteiger partial charge in [0, 0.05) is 5.69 Å². The number of carbonyl (C=O) groups excluding carboxylic acids is 1. The summed E-state index contributed by atoms with van der Waals surface area (Å²) in [6, 6.07) is 13.0. The van der Waals surface area contributed by atoms with Crippen molar-refractivity contribution in [3.63, 3.8) is 0 Å². The van der Waals surface area contributed by atoms with Gasteiger partial charge in [0.1, 0.15) is 12.4 Å². The van der Waals surface area contributed by atoms with Gasteiger partial charge in [0.2, 0.25) is 12.0 Å². The molecule has 0 saturated heterocycles. The van der Waals surface area contributed by atoms with Crippen LogP contribution in [0.2, 0.25) is 0 Å². The molecule has 1 aliphatic rings. The molecule has 0 saturated carbocycles. The van der Waals surface area contributed by atoms with Gasteiger partial charge in [-0.15, -0.1) is 10.2 Å². The van der Waals surface area contributed by atoms with E-state index < -0.39 is 17.2 Å². The number of rotatable bonds is 5. The van der Waals surface area contributed by atoms with E-state index in [2.05, 4.69) is 15.5 Å². The van der Waals surface area contributed by atoms with Crippen LogP contribution in [0.5, 0.6) is 11.5 Å². The van der Waals surface area contributed by atoms with E-state index in [1.165, 1.54) is 18.2 Å². The number of benzene rings is 2. The predicted molar refractivity (Wildman–Crippen MR) is 100.0 cm³/mol. The summed E-state index contributed by atoms with van der Waals surface area (Å²) in [4.78, 5) is 12.3. The smallest absolute Gasteiger partial charge is 0.277 e. The molecule has 9 heteroatoms. The molecule has 2 aromatic carbocycles. The topological polar surface area (TPSA) is 86.5 Å². The normalized spacial score (nSPS) is 16.4. The molecule has 2 atom stereocenters. The van der Waals surface area contributed by atoms with Crippen LogP contribution in [-0.2, 0) is 4.79 Å². The molecule has 7 nitrogen and oxygen atoms in total. The Hall–Kier alpha value is -3.07. The van der Waals surface area contributed by atoms with E-state index >= 15 is 0 Å². The number of nitrogens with zero attached hydrogens (tertiary/aromatic N) is 2. The first-order chi connectivity index (χ1) is 13.6. The van der Waals surface area contributed by atoms with Gasteiger partial charge in [-0.25, -0.2) is 4.39 Å². The third-order valence-corrected chi connectivity index (χ3v) is 4.88. The highest BCUT2D eigenvalue weighted by Gasteiger charge is 2.28. The lowest BCUT2D eigenvalue weighted by Crippen LogP contribution is -2.22. The van der Waals surface area contributed by atoms with Crippen LogP contribution in [0.3, 0.4) is 0 Å². The van der Waals surface area contributed by atoms with Gasteiger partial charge < -0.3 is 19.2 Å². The molecule has 0 aliphatic carbocycles. The second-order valence-electron chi connectivity index (χ2n) is 6.03. The minimum Gasteiger partial charge on any atom is -0.485 e. The van der Waals surface area contributed by atoms with Crippen LogP contribution in [0.25, 0.3) is 0 Å². The fraction of sp³-hybridized carbons (Fsp3) is 0.211. The molecule has 0 bridgehead atoms. The second kappa shape index (κ2) is 7.89. The molecule has 1 aliphatic heterocycles. The Labute approximate surface area is 164 Å². The van der Waals surface area contributed by atoms with Crippen molar-refractivity contribution < 1.29 is 23.1 Å². The number of halogens is 1. The number of carbonyl (C=O) groups is 1. The molecule has 1 amide bonds. The number of hydrogen-bond donors (Lipinski definition) is 1. The highest BCUT2D eigenvalue weighted by molar-refractivity contribution is 8.00. The highest BCUT2D eigenvalue weighted by atomic mass is 32.2. The first kappa shape index (κ1) is 18.3. The Morgan fingerprint density at radius 2 is 2.04 bits per heavy atom. The summed E-state index contributed by atoms with van der Waals surface area (Å²) < 4.78 is 30.3. The Morgan fingerprint density at radius 3 is 2.86 bits per heavy atom. The number of nitrogens with one attached hydrogen (secondary N) is 1. The van der Waals surface area contributed by atoms with Crippen LogP contribution in [0.15, 0.2) is 58.2 Å². The average Bonchev–Trinajstić information content (AvgIpc) is 3.16. The largest absolute Gasteiger partial charge is 0.485 e. The average molecular weight is 401 g/mol. The molecule has 0 fully saturated rings. The van der Waals surface area contributed by atoms with Gasteiger partial charge in [-0.05, 0) is 37.3 Å². The van der Waals surface area contributed by atoms with Gasteiger partial charge in [-0.3, -0.25) is 4.79 Å². The quantitative estimate of drug-likeness (QED) is 0.650. The molecular formula is C19H16FN3O4S. The number of anilines is 1.